The van der Waals surface area contributed by atoms with Crippen molar-refractivity contribution in [3.63, 3.8) is 0 Å². The Hall–Kier alpha value is -1.69. The molecule has 0 bridgehead atoms. The van der Waals surface area contributed by atoms with E-state index >= 15 is 0 Å². The number of para-hydroxylation sites is 1. The first kappa shape index (κ1) is 16.8. The van der Waals surface area contributed by atoms with Crippen LogP contribution in [0.15, 0.2) is 36.4 Å². The van der Waals surface area contributed by atoms with Crippen molar-refractivity contribution >= 4 is 50.7 Å². The minimum absolute atomic E-state index is 0.0458. The van der Waals surface area contributed by atoms with E-state index in [-0.39, 0.29) is 22.8 Å². The van der Waals surface area contributed by atoms with Crippen molar-refractivity contribution in [1.29, 1.82) is 0 Å². The highest BCUT2D eigenvalue weighted by Crippen LogP contribution is 2.36. The molecule has 1 aliphatic rings. The number of hydrogen-bond acceptors (Lipinski definition) is 4. The number of thiazole rings is 1. The van der Waals surface area contributed by atoms with Gasteiger partial charge in [-0.25, -0.2) is 9.97 Å². The number of aromatic nitrogens is 2. The van der Waals surface area contributed by atoms with E-state index in [4.69, 9.17) is 28.2 Å². The monoisotopic (exact) mass is 391 g/mol. The summed E-state index contributed by atoms with van der Waals surface area (Å²) < 4.78 is 1.13. The lowest BCUT2D eigenvalue weighted by Gasteiger charge is -2.34. The zero-order valence-corrected chi connectivity index (χ0v) is 15.6. The van der Waals surface area contributed by atoms with Gasteiger partial charge in [0.1, 0.15) is 15.9 Å². The van der Waals surface area contributed by atoms with Gasteiger partial charge in [0.2, 0.25) is 0 Å². The normalized spacial score (nSPS) is 17.8. The topological polar surface area (TPSA) is 46.1 Å². The molecule has 1 saturated heterocycles. The fourth-order valence-corrected chi connectivity index (χ4v) is 4.62. The Morgan fingerprint density at radius 3 is 2.80 bits per heavy atom. The van der Waals surface area contributed by atoms with Gasteiger partial charge in [-0.1, -0.05) is 35.3 Å². The lowest BCUT2D eigenvalue weighted by Crippen LogP contribution is -2.39. The van der Waals surface area contributed by atoms with Gasteiger partial charge in [-0.3, -0.25) is 4.79 Å². The molecule has 0 aliphatic carbocycles. The summed E-state index contributed by atoms with van der Waals surface area (Å²) in [5, 5.41) is 1.55. The number of pyridine rings is 1. The number of amides is 1. The number of rotatable bonds is 2. The maximum Gasteiger partial charge on any atom is 0.274 e. The van der Waals surface area contributed by atoms with E-state index in [9.17, 15) is 4.79 Å². The van der Waals surface area contributed by atoms with Crippen molar-refractivity contribution in [2.75, 3.05) is 6.54 Å². The molecule has 128 valence electrons. The second-order valence-electron chi connectivity index (χ2n) is 5.99. The van der Waals surface area contributed by atoms with Gasteiger partial charge in [-0.15, -0.1) is 11.3 Å². The van der Waals surface area contributed by atoms with E-state index in [0.717, 1.165) is 34.5 Å². The summed E-state index contributed by atoms with van der Waals surface area (Å²) in [6, 6.07) is 11.2. The van der Waals surface area contributed by atoms with Gasteiger partial charge in [0.05, 0.1) is 21.3 Å². The molecule has 0 unspecified atom stereocenters. The summed E-state index contributed by atoms with van der Waals surface area (Å²) in [6.07, 6.45) is 2.93. The fourth-order valence-electron chi connectivity index (χ4n) is 3.17. The highest BCUT2D eigenvalue weighted by atomic mass is 35.5. The molecule has 0 N–H and O–H groups in total. The Morgan fingerprint density at radius 2 is 1.96 bits per heavy atom. The predicted molar refractivity (Wildman–Crippen MR) is 102 cm³/mol. The van der Waals surface area contributed by atoms with Crippen LogP contribution in [0.4, 0.5) is 0 Å². The van der Waals surface area contributed by atoms with Gasteiger partial charge in [-0.05, 0) is 43.5 Å². The van der Waals surface area contributed by atoms with Crippen molar-refractivity contribution in [3.05, 3.63) is 57.3 Å². The van der Waals surface area contributed by atoms with Crippen LogP contribution in [-0.4, -0.2) is 27.3 Å². The molecule has 2 aromatic heterocycles. The molecule has 0 radical (unpaired) electrons. The Balaban J connectivity index is 1.71. The van der Waals surface area contributed by atoms with Crippen LogP contribution in [-0.2, 0) is 0 Å². The molecule has 4 rings (SSSR count). The van der Waals surface area contributed by atoms with Gasteiger partial charge in [-0.2, -0.15) is 0 Å². The number of piperidine rings is 1. The minimum atomic E-state index is -0.184. The molecular formula is C18H15Cl2N3OS. The lowest BCUT2D eigenvalue weighted by molar-refractivity contribution is 0.0605. The van der Waals surface area contributed by atoms with E-state index < -0.39 is 0 Å². The predicted octanol–water partition coefficient (Wildman–Crippen LogP) is 5.37. The third kappa shape index (κ3) is 3.24. The molecule has 3 heterocycles. The molecular weight excluding hydrogens is 377 g/mol. The van der Waals surface area contributed by atoms with E-state index in [0.29, 0.717) is 11.6 Å². The number of carbonyl (C=O) groups excluding carboxylic acids is 1. The SMILES string of the molecule is O=C(c1nc(Cl)ccc1Cl)N1CCCC[C@@H]1c1nc2ccccc2s1. The van der Waals surface area contributed by atoms with Crippen LogP contribution in [0.5, 0.6) is 0 Å². The highest BCUT2D eigenvalue weighted by Gasteiger charge is 2.32. The molecule has 25 heavy (non-hydrogen) atoms. The van der Waals surface area contributed by atoms with Crippen LogP contribution >= 0.6 is 34.5 Å². The van der Waals surface area contributed by atoms with Crippen molar-refractivity contribution in [1.82, 2.24) is 14.9 Å². The molecule has 0 saturated carbocycles. The largest absolute Gasteiger partial charge is 0.328 e. The van der Waals surface area contributed by atoms with Crippen molar-refractivity contribution in [3.8, 4) is 0 Å². The summed E-state index contributed by atoms with van der Waals surface area (Å²) in [7, 11) is 0. The molecule has 0 spiro atoms. The van der Waals surface area contributed by atoms with Crippen LogP contribution in [0.3, 0.4) is 0 Å². The molecule has 1 amide bonds. The Labute approximate surface area is 159 Å². The molecule has 3 aromatic rings. The summed E-state index contributed by atoms with van der Waals surface area (Å²) in [6.45, 7) is 0.671. The standard InChI is InChI=1S/C18H15Cl2N3OS/c19-11-8-9-15(20)22-16(11)18(24)23-10-4-3-6-13(23)17-21-12-5-1-2-7-14(12)25-17/h1-2,5,7-9,13H,3-4,6,10H2/t13-/m1/s1. The zero-order valence-electron chi connectivity index (χ0n) is 13.3. The summed E-state index contributed by atoms with van der Waals surface area (Å²) in [4.78, 5) is 23.8. The van der Waals surface area contributed by atoms with E-state index in [1.54, 1.807) is 23.5 Å². The summed E-state index contributed by atoms with van der Waals surface area (Å²) >= 11 is 13.8. The number of fused-ring (bicyclic) bond motifs is 1. The maximum absolute atomic E-state index is 13.1. The number of halogens is 2. The van der Waals surface area contributed by atoms with Crippen LogP contribution in [0.25, 0.3) is 10.2 Å². The van der Waals surface area contributed by atoms with Crippen molar-refractivity contribution in [2.24, 2.45) is 0 Å². The molecule has 7 heteroatoms. The minimum Gasteiger partial charge on any atom is -0.328 e. The maximum atomic E-state index is 13.1. The molecule has 1 aromatic carbocycles. The molecule has 4 nitrogen and oxygen atoms in total. The quantitative estimate of drug-likeness (QED) is 0.551. The first-order valence-electron chi connectivity index (χ1n) is 8.12. The van der Waals surface area contributed by atoms with Gasteiger partial charge in [0.25, 0.3) is 5.91 Å². The smallest absolute Gasteiger partial charge is 0.274 e. The average molecular weight is 392 g/mol. The summed E-state index contributed by atoms with van der Waals surface area (Å²) in [5.41, 5.74) is 1.18. The van der Waals surface area contributed by atoms with E-state index in [1.165, 1.54) is 0 Å². The fraction of sp³-hybridized carbons (Fsp3) is 0.278. The zero-order chi connectivity index (χ0) is 17.4. The first-order valence-corrected chi connectivity index (χ1v) is 9.69. The third-order valence-corrected chi connectivity index (χ3v) is 6.03. The first-order chi connectivity index (χ1) is 12.1. The van der Waals surface area contributed by atoms with Crippen LogP contribution in [0.2, 0.25) is 10.2 Å². The van der Waals surface area contributed by atoms with Gasteiger partial charge in [0.15, 0.2) is 0 Å². The molecule has 1 fully saturated rings. The number of nitrogens with zero attached hydrogens (tertiary/aromatic N) is 3. The summed E-state index contributed by atoms with van der Waals surface area (Å²) in [5.74, 6) is -0.184. The average Bonchev–Trinajstić information content (AvgIpc) is 3.07. The van der Waals surface area contributed by atoms with Gasteiger partial charge in [0, 0.05) is 6.54 Å². The Morgan fingerprint density at radius 1 is 1.12 bits per heavy atom. The van der Waals surface area contributed by atoms with Gasteiger partial charge >= 0.3 is 0 Å². The molecule has 1 aliphatic heterocycles. The second kappa shape index (κ2) is 6.90. The second-order valence-corrected chi connectivity index (χ2v) is 7.85. The van der Waals surface area contributed by atoms with Crippen LogP contribution in [0, 0.1) is 0 Å². The van der Waals surface area contributed by atoms with Crippen molar-refractivity contribution in [2.45, 2.75) is 25.3 Å². The third-order valence-electron chi connectivity index (χ3n) is 4.37. The Bertz CT molecular complexity index is 910. The number of carbonyl (C=O) groups is 1. The number of hydrogen-bond donors (Lipinski definition) is 0. The Kier molecular flexibility index (Phi) is 4.63. The van der Waals surface area contributed by atoms with E-state index in [2.05, 4.69) is 11.1 Å². The van der Waals surface area contributed by atoms with Crippen LogP contribution < -0.4 is 0 Å². The number of likely N-dealkylation sites (tertiary alicyclic amines) is 1. The van der Waals surface area contributed by atoms with Gasteiger partial charge < -0.3 is 4.90 Å². The molecule has 1 atom stereocenters. The number of benzene rings is 1. The lowest BCUT2D eigenvalue weighted by atomic mass is 10.0. The highest BCUT2D eigenvalue weighted by molar-refractivity contribution is 7.18. The van der Waals surface area contributed by atoms with E-state index in [1.807, 2.05) is 23.1 Å². The van der Waals surface area contributed by atoms with Crippen molar-refractivity contribution < 1.29 is 4.79 Å². The van der Waals surface area contributed by atoms with Crippen LogP contribution in [0.1, 0.15) is 40.8 Å².